The molecule has 0 aliphatic carbocycles. The normalized spacial score (nSPS) is 11.0. The molecule has 0 saturated heterocycles. The van der Waals surface area contributed by atoms with E-state index < -0.39 is 0 Å². The van der Waals surface area contributed by atoms with E-state index in [0.29, 0.717) is 11.6 Å². The first-order valence-corrected chi connectivity index (χ1v) is 5.96. The lowest BCUT2D eigenvalue weighted by Crippen LogP contribution is -1.99. The molecular formula is C13H11ClN4. The number of rotatable bonds is 2. The molecule has 0 saturated carbocycles. The molecule has 0 atom stereocenters. The number of aromatic nitrogens is 3. The first-order chi connectivity index (χ1) is 8.79. The van der Waals surface area contributed by atoms with Gasteiger partial charge >= 0.3 is 0 Å². The van der Waals surface area contributed by atoms with Crippen molar-refractivity contribution in [2.24, 2.45) is 5.73 Å². The van der Waals surface area contributed by atoms with Gasteiger partial charge in [0.05, 0.1) is 5.02 Å². The van der Waals surface area contributed by atoms with Crippen LogP contribution in [0.15, 0.2) is 42.6 Å². The van der Waals surface area contributed by atoms with Crippen molar-refractivity contribution in [1.29, 1.82) is 0 Å². The van der Waals surface area contributed by atoms with E-state index in [-0.39, 0.29) is 0 Å². The van der Waals surface area contributed by atoms with Gasteiger partial charge in [0.2, 0.25) is 0 Å². The van der Waals surface area contributed by atoms with Crippen LogP contribution in [-0.4, -0.2) is 14.6 Å². The minimum absolute atomic E-state index is 0.482. The number of hydrogen-bond acceptors (Lipinski definition) is 3. The maximum atomic E-state index is 6.18. The lowest BCUT2D eigenvalue weighted by atomic mass is 10.2. The number of nitrogens with zero attached hydrogens (tertiary/aromatic N) is 3. The molecule has 0 unspecified atom stereocenters. The van der Waals surface area contributed by atoms with Gasteiger partial charge in [-0.15, -0.1) is 10.2 Å². The highest BCUT2D eigenvalue weighted by Crippen LogP contribution is 2.26. The molecular weight excluding hydrogens is 248 g/mol. The lowest BCUT2D eigenvalue weighted by molar-refractivity contribution is 1.03. The summed E-state index contributed by atoms with van der Waals surface area (Å²) in [6.07, 6.45) is 1.94. The Labute approximate surface area is 109 Å². The summed E-state index contributed by atoms with van der Waals surface area (Å²) in [6, 6.07) is 11.4. The highest BCUT2D eigenvalue weighted by molar-refractivity contribution is 6.33. The Morgan fingerprint density at radius 3 is 2.72 bits per heavy atom. The van der Waals surface area contributed by atoms with E-state index in [2.05, 4.69) is 10.2 Å². The van der Waals surface area contributed by atoms with E-state index in [9.17, 15) is 0 Å². The molecule has 18 heavy (non-hydrogen) atoms. The van der Waals surface area contributed by atoms with Crippen LogP contribution in [0, 0.1) is 0 Å². The summed E-state index contributed by atoms with van der Waals surface area (Å²) < 4.78 is 1.91. The summed E-state index contributed by atoms with van der Waals surface area (Å²) in [6.45, 7) is 0.482. The molecule has 0 bridgehead atoms. The van der Waals surface area contributed by atoms with Crippen LogP contribution in [0.3, 0.4) is 0 Å². The van der Waals surface area contributed by atoms with E-state index in [1.807, 2.05) is 47.0 Å². The first kappa shape index (κ1) is 11.2. The molecule has 3 aromatic rings. The van der Waals surface area contributed by atoms with Gasteiger partial charge < -0.3 is 5.73 Å². The molecule has 2 N–H and O–H groups in total. The van der Waals surface area contributed by atoms with Crippen molar-refractivity contribution < 1.29 is 0 Å². The molecule has 2 aromatic heterocycles. The predicted octanol–water partition coefficient (Wildman–Crippen LogP) is 2.51. The Bertz CT molecular complexity index is 705. The average Bonchev–Trinajstić information content (AvgIpc) is 2.82. The molecule has 0 aliphatic rings. The van der Waals surface area contributed by atoms with Gasteiger partial charge in [-0.1, -0.05) is 29.8 Å². The Hall–Kier alpha value is -1.91. The number of halogens is 1. The summed E-state index contributed by atoms with van der Waals surface area (Å²) in [5.41, 5.74) is 8.31. The number of nitrogens with two attached hydrogens (primary N) is 1. The fraction of sp³-hybridized carbons (Fsp3) is 0.0769. The van der Waals surface area contributed by atoms with Crippen molar-refractivity contribution in [3.8, 4) is 11.4 Å². The number of fused-ring (bicyclic) bond motifs is 1. The van der Waals surface area contributed by atoms with E-state index in [1.54, 1.807) is 0 Å². The molecule has 0 aliphatic heterocycles. The highest BCUT2D eigenvalue weighted by Gasteiger charge is 2.10. The third-order valence-corrected chi connectivity index (χ3v) is 3.14. The molecule has 1 aromatic carbocycles. The second kappa shape index (κ2) is 4.40. The van der Waals surface area contributed by atoms with Crippen molar-refractivity contribution in [2.75, 3.05) is 0 Å². The van der Waals surface area contributed by atoms with Crippen LogP contribution in [0.2, 0.25) is 5.02 Å². The molecule has 0 amide bonds. The fourth-order valence-corrected chi connectivity index (χ4v) is 2.10. The smallest absolute Gasteiger partial charge is 0.169 e. The van der Waals surface area contributed by atoms with Gasteiger partial charge in [0.1, 0.15) is 0 Å². The predicted molar refractivity (Wildman–Crippen MR) is 71.3 cm³/mol. The van der Waals surface area contributed by atoms with Crippen molar-refractivity contribution in [3.63, 3.8) is 0 Å². The average molecular weight is 259 g/mol. The summed E-state index contributed by atoms with van der Waals surface area (Å²) in [4.78, 5) is 0. The third-order valence-electron chi connectivity index (χ3n) is 2.81. The Morgan fingerprint density at radius 2 is 1.94 bits per heavy atom. The largest absolute Gasteiger partial charge is 0.326 e. The van der Waals surface area contributed by atoms with Gasteiger partial charge in [-0.2, -0.15) is 0 Å². The van der Waals surface area contributed by atoms with Crippen molar-refractivity contribution in [3.05, 3.63) is 53.2 Å². The SMILES string of the molecule is NCc1ccc2nnc(-c3ccccc3Cl)n2c1. The topological polar surface area (TPSA) is 56.2 Å². The van der Waals surface area contributed by atoms with Crippen LogP contribution in [0.4, 0.5) is 0 Å². The first-order valence-electron chi connectivity index (χ1n) is 5.58. The van der Waals surface area contributed by atoms with Gasteiger partial charge in [0.15, 0.2) is 11.5 Å². The minimum atomic E-state index is 0.482. The summed E-state index contributed by atoms with van der Waals surface area (Å²) in [5.74, 6) is 0.728. The van der Waals surface area contributed by atoms with Crippen LogP contribution in [0.25, 0.3) is 17.0 Å². The summed E-state index contributed by atoms with van der Waals surface area (Å²) in [5, 5.41) is 8.97. The maximum Gasteiger partial charge on any atom is 0.169 e. The Kier molecular flexibility index (Phi) is 2.74. The van der Waals surface area contributed by atoms with Crippen molar-refractivity contribution in [2.45, 2.75) is 6.54 Å². The molecule has 0 radical (unpaired) electrons. The van der Waals surface area contributed by atoms with E-state index in [4.69, 9.17) is 17.3 Å². The van der Waals surface area contributed by atoms with Crippen LogP contribution >= 0.6 is 11.6 Å². The summed E-state index contributed by atoms with van der Waals surface area (Å²) in [7, 11) is 0. The number of pyridine rings is 1. The van der Waals surface area contributed by atoms with E-state index in [0.717, 1.165) is 22.6 Å². The van der Waals surface area contributed by atoms with Gasteiger partial charge in [-0.05, 0) is 23.8 Å². The highest BCUT2D eigenvalue weighted by atomic mass is 35.5. The Morgan fingerprint density at radius 1 is 1.11 bits per heavy atom. The van der Waals surface area contributed by atoms with Crippen molar-refractivity contribution >= 4 is 17.2 Å². The van der Waals surface area contributed by atoms with Crippen LogP contribution < -0.4 is 5.73 Å². The maximum absolute atomic E-state index is 6.18. The molecule has 5 heteroatoms. The van der Waals surface area contributed by atoms with Gasteiger partial charge in [-0.25, -0.2) is 0 Å². The van der Waals surface area contributed by atoms with Crippen molar-refractivity contribution in [1.82, 2.24) is 14.6 Å². The van der Waals surface area contributed by atoms with Gasteiger partial charge in [0.25, 0.3) is 0 Å². The number of hydrogen-bond donors (Lipinski definition) is 1. The lowest BCUT2D eigenvalue weighted by Gasteiger charge is -2.03. The fourth-order valence-electron chi connectivity index (χ4n) is 1.88. The molecule has 0 spiro atoms. The van der Waals surface area contributed by atoms with E-state index in [1.165, 1.54) is 0 Å². The second-order valence-electron chi connectivity index (χ2n) is 3.97. The zero-order valence-corrected chi connectivity index (χ0v) is 10.3. The monoisotopic (exact) mass is 258 g/mol. The van der Waals surface area contributed by atoms with Gasteiger partial charge in [0, 0.05) is 18.3 Å². The van der Waals surface area contributed by atoms with E-state index >= 15 is 0 Å². The minimum Gasteiger partial charge on any atom is -0.326 e. The quantitative estimate of drug-likeness (QED) is 0.768. The standard InChI is InChI=1S/C13H11ClN4/c14-11-4-2-1-3-10(11)13-17-16-12-6-5-9(7-15)8-18(12)13/h1-6,8H,7,15H2. The van der Waals surface area contributed by atoms with Crippen LogP contribution in [0.5, 0.6) is 0 Å². The third kappa shape index (κ3) is 1.75. The zero-order valence-electron chi connectivity index (χ0n) is 9.55. The molecule has 2 heterocycles. The van der Waals surface area contributed by atoms with Gasteiger partial charge in [-0.3, -0.25) is 4.40 Å². The Balaban J connectivity index is 2.26. The number of benzene rings is 1. The molecule has 3 rings (SSSR count). The summed E-state index contributed by atoms with van der Waals surface area (Å²) >= 11 is 6.18. The zero-order chi connectivity index (χ0) is 12.5. The van der Waals surface area contributed by atoms with Crippen LogP contribution in [-0.2, 0) is 6.54 Å². The molecule has 0 fully saturated rings. The molecule has 90 valence electrons. The molecule has 4 nitrogen and oxygen atoms in total. The van der Waals surface area contributed by atoms with Crippen LogP contribution in [0.1, 0.15) is 5.56 Å². The second-order valence-corrected chi connectivity index (χ2v) is 4.38.